The van der Waals surface area contributed by atoms with E-state index in [1.54, 1.807) is 4.90 Å². The zero-order chi connectivity index (χ0) is 24.8. The fourth-order valence-electron chi connectivity index (χ4n) is 5.27. The molecule has 180 valence electrons. The van der Waals surface area contributed by atoms with Crippen LogP contribution in [0.1, 0.15) is 41.1 Å². The van der Waals surface area contributed by atoms with E-state index in [0.29, 0.717) is 16.8 Å². The van der Waals surface area contributed by atoms with Gasteiger partial charge in [-0.15, -0.1) is 6.42 Å². The first-order valence-corrected chi connectivity index (χ1v) is 12.3. The highest BCUT2D eigenvalue weighted by Gasteiger charge is 2.34. The van der Waals surface area contributed by atoms with Gasteiger partial charge in [0.1, 0.15) is 5.82 Å². The molecular weight excluding hydrogens is 450 g/mol. The van der Waals surface area contributed by atoms with E-state index < -0.39 is 0 Å². The van der Waals surface area contributed by atoms with Crippen molar-refractivity contribution in [2.24, 2.45) is 0 Å². The molecule has 2 aromatic heterocycles. The molecule has 6 rings (SSSR count). The number of piperazine rings is 1. The van der Waals surface area contributed by atoms with Crippen molar-refractivity contribution in [2.45, 2.75) is 19.4 Å². The molecule has 36 heavy (non-hydrogen) atoms. The van der Waals surface area contributed by atoms with Crippen molar-refractivity contribution in [3.63, 3.8) is 0 Å². The predicted octanol–water partition coefficient (Wildman–Crippen LogP) is 3.41. The van der Waals surface area contributed by atoms with Crippen LogP contribution < -0.4 is 10.2 Å². The molecule has 4 heterocycles. The standard InChI is InChI=1S/C28H27N7O/c1-4-18-7-6-8-21-25(18)35-24-15-19(20-16-30-28(31-17-20)34-13-11-29-12-14-34)9-10-22(24)32-26(35)23(5-2)33(3)27(21)36/h1,6-10,15-17,23,29H,5,11-14H2,2-3H3. The van der Waals surface area contributed by atoms with Crippen molar-refractivity contribution in [3.8, 4) is 29.2 Å². The lowest BCUT2D eigenvalue weighted by molar-refractivity contribution is 0.0726. The van der Waals surface area contributed by atoms with Crippen LogP contribution >= 0.6 is 0 Å². The van der Waals surface area contributed by atoms with E-state index in [-0.39, 0.29) is 11.9 Å². The number of aromatic nitrogens is 4. The van der Waals surface area contributed by atoms with Crippen LogP contribution in [0.5, 0.6) is 0 Å². The number of para-hydroxylation sites is 1. The van der Waals surface area contributed by atoms with Crippen molar-refractivity contribution in [2.75, 3.05) is 38.1 Å². The second-order valence-corrected chi connectivity index (χ2v) is 9.20. The lowest BCUT2D eigenvalue weighted by atomic mass is 10.0. The summed E-state index contributed by atoms with van der Waals surface area (Å²) in [4.78, 5) is 31.7. The first-order chi connectivity index (χ1) is 17.6. The minimum absolute atomic E-state index is 0.0549. The van der Waals surface area contributed by atoms with Crippen LogP contribution in [-0.2, 0) is 0 Å². The number of anilines is 1. The summed E-state index contributed by atoms with van der Waals surface area (Å²) in [5, 5.41) is 3.35. The Morgan fingerprint density at radius 2 is 1.89 bits per heavy atom. The van der Waals surface area contributed by atoms with E-state index in [2.05, 4.69) is 43.7 Å². The van der Waals surface area contributed by atoms with Gasteiger partial charge >= 0.3 is 0 Å². The molecule has 0 saturated carbocycles. The number of nitrogens with zero attached hydrogens (tertiary/aromatic N) is 6. The van der Waals surface area contributed by atoms with Gasteiger partial charge in [-0.05, 0) is 36.2 Å². The normalized spacial score (nSPS) is 17.5. The monoisotopic (exact) mass is 477 g/mol. The summed E-state index contributed by atoms with van der Waals surface area (Å²) in [6.07, 6.45) is 10.4. The third-order valence-corrected chi connectivity index (χ3v) is 7.17. The van der Waals surface area contributed by atoms with Crippen molar-refractivity contribution >= 4 is 22.9 Å². The Kier molecular flexibility index (Phi) is 5.42. The summed E-state index contributed by atoms with van der Waals surface area (Å²) in [6, 6.07) is 11.5. The molecule has 8 nitrogen and oxygen atoms in total. The van der Waals surface area contributed by atoms with Crippen molar-refractivity contribution in [3.05, 3.63) is 65.7 Å². The zero-order valence-electron chi connectivity index (χ0n) is 20.4. The van der Waals surface area contributed by atoms with Crippen molar-refractivity contribution in [1.82, 2.24) is 29.7 Å². The SMILES string of the molecule is C#Cc1cccc2c1-n1c(nc3ccc(-c4cnc(N5CCNCC5)nc4)cc31)C(CC)N(C)C2=O. The highest BCUT2D eigenvalue weighted by Crippen LogP contribution is 2.38. The average Bonchev–Trinajstić information content (AvgIpc) is 3.27. The number of carbonyl (C=O) groups excluding carboxylic acids is 1. The second kappa shape index (κ2) is 8.77. The van der Waals surface area contributed by atoms with Gasteiger partial charge in [0.25, 0.3) is 5.91 Å². The Morgan fingerprint density at radius 1 is 1.11 bits per heavy atom. The maximum atomic E-state index is 13.4. The van der Waals surface area contributed by atoms with Gasteiger partial charge in [-0.3, -0.25) is 9.36 Å². The Labute approximate surface area is 210 Å². The van der Waals surface area contributed by atoms with Gasteiger partial charge in [0.15, 0.2) is 0 Å². The highest BCUT2D eigenvalue weighted by atomic mass is 16.2. The summed E-state index contributed by atoms with van der Waals surface area (Å²) in [5.74, 6) is 4.29. The van der Waals surface area contributed by atoms with Gasteiger partial charge in [-0.25, -0.2) is 15.0 Å². The first-order valence-electron chi connectivity index (χ1n) is 12.3. The minimum atomic E-state index is -0.173. The molecule has 1 saturated heterocycles. The molecule has 8 heteroatoms. The van der Waals surface area contributed by atoms with E-state index in [1.807, 2.05) is 49.8 Å². The Balaban J connectivity index is 1.52. The van der Waals surface area contributed by atoms with Gasteiger partial charge < -0.3 is 15.1 Å². The van der Waals surface area contributed by atoms with Gasteiger partial charge in [0.05, 0.1) is 28.3 Å². The summed E-state index contributed by atoms with van der Waals surface area (Å²) in [5.41, 5.74) is 5.62. The number of rotatable bonds is 3. The highest BCUT2D eigenvalue weighted by molar-refractivity contribution is 6.01. The van der Waals surface area contributed by atoms with Crippen LogP contribution in [0.15, 0.2) is 48.8 Å². The van der Waals surface area contributed by atoms with Crippen molar-refractivity contribution < 1.29 is 4.79 Å². The number of terminal acetylenes is 1. The van der Waals surface area contributed by atoms with Gasteiger partial charge in [0, 0.05) is 56.7 Å². The fraction of sp³-hybridized carbons (Fsp3) is 0.286. The molecule has 1 amide bonds. The molecule has 2 aliphatic rings. The lowest BCUT2D eigenvalue weighted by Gasteiger charge is -2.27. The average molecular weight is 478 g/mol. The minimum Gasteiger partial charge on any atom is -0.338 e. The summed E-state index contributed by atoms with van der Waals surface area (Å²) < 4.78 is 2.08. The van der Waals surface area contributed by atoms with Crippen LogP contribution in [-0.4, -0.2) is 63.6 Å². The Morgan fingerprint density at radius 3 is 2.61 bits per heavy atom. The van der Waals surface area contributed by atoms with Crippen LogP contribution in [0.2, 0.25) is 0 Å². The molecule has 2 aliphatic heterocycles. The van der Waals surface area contributed by atoms with E-state index >= 15 is 0 Å². The van der Waals surface area contributed by atoms with E-state index in [1.165, 1.54) is 0 Å². The number of amides is 1. The topological polar surface area (TPSA) is 79.2 Å². The van der Waals surface area contributed by atoms with Gasteiger partial charge in [-0.2, -0.15) is 0 Å². The largest absolute Gasteiger partial charge is 0.338 e. The first kappa shape index (κ1) is 22.3. The molecule has 0 spiro atoms. The number of hydrogen-bond acceptors (Lipinski definition) is 6. The van der Waals surface area contributed by atoms with Crippen LogP contribution in [0, 0.1) is 12.3 Å². The number of imidazole rings is 1. The molecular formula is C28H27N7O. The number of fused-ring (bicyclic) bond motifs is 5. The third-order valence-electron chi connectivity index (χ3n) is 7.17. The molecule has 1 atom stereocenters. The molecule has 0 radical (unpaired) electrons. The van der Waals surface area contributed by atoms with E-state index in [0.717, 1.165) is 66.5 Å². The van der Waals surface area contributed by atoms with Gasteiger partial charge in [0.2, 0.25) is 5.95 Å². The number of benzene rings is 2. The number of carbonyl (C=O) groups is 1. The number of nitrogens with one attached hydrogen (secondary N) is 1. The third kappa shape index (κ3) is 3.43. The smallest absolute Gasteiger partial charge is 0.256 e. The Bertz CT molecular complexity index is 1510. The van der Waals surface area contributed by atoms with Crippen molar-refractivity contribution in [1.29, 1.82) is 0 Å². The molecule has 0 aliphatic carbocycles. The summed E-state index contributed by atoms with van der Waals surface area (Å²) in [6.45, 7) is 5.74. The molecule has 1 unspecified atom stereocenters. The molecule has 1 N–H and O–H groups in total. The number of hydrogen-bond donors (Lipinski definition) is 1. The van der Waals surface area contributed by atoms with Crippen LogP contribution in [0.25, 0.3) is 27.8 Å². The molecule has 1 fully saturated rings. The summed E-state index contributed by atoms with van der Waals surface area (Å²) >= 11 is 0. The molecule has 4 aromatic rings. The predicted molar refractivity (Wildman–Crippen MR) is 140 cm³/mol. The fourth-order valence-corrected chi connectivity index (χ4v) is 5.27. The molecule has 0 bridgehead atoms. The summed E-state index contributed by atoms with van der Waals surface area (Å²) in [7, 11) is 1.83. The zero-order valence-corrected chi connectivity index (χ0v) is 20.4. The quantitative estimate of drug-likeness (QED) is 0.456. The maximum absolute atomic E-state index is 13.4. The maximum Gasteiger partial charge on any atom is 0.256 e. The molecule has 2 aromatic carbocycles. The van der Waals surface area contributed by atoms with E-state index in [4.69, 9.17) is 11.4 Å². The lowest BCUT2D eigenvalue weighted by Crippen LogP contribution is -2.44. The Hall–Kier alpha value is -4.22. The van der Waals surface area contributed by atoms with Crippen LogP contribution in [0.3, 0.4) is 0 Å². The second-order valence-electron chi connectivity index (χ2n) is 9.20. The van der Waals surface area contributed by atoms with E-state index in [9.17, 15) is 4.79 Å². The van der Waals surface area contributed by atoms with Crippen LogP contribution in [0.4, 0.5) is 5.95 Å². The van der Waals surface area contributed by atoms with Gasteiger partial charge in [-0.1, -0.05) is 25.0 Å².